The fourth-order valence-corrected chi connectivity index (χ4v) is 3.56. The minimum Gasteiger partial charge on any atom is -0.490 e. The van der Waals surface area contributed by atoms with E-state index in [4.69, 9.17) is 21.1 Å². The van der Waals surface area contributed by atoms with Gasteiger partial charge in [0.15, 0.2) is 11.5 Å². The number of rotatable bonds is 8. The number of nitrogens with zero attached hydrogens (tertiary/aromatic N) is 2. The molecule has 0 aromatic heterocycles. The van der Waals surface area contributed by atoms with Crippen molar-refractivity contribution in [3.8, 4) is 11.5 Å². The molecular formula is C20H31ClN2O3. The number of ether oxygens (including phenoxy) is 2. The van der Waals surface area contributed by atoms with Gasteiger partial charge < -0.3 is 19.3 Å². The van der Waals surface area contributed by atoms with Crippen molar-refractivity contribution in [1.82, 2.24) is 9.80 Å². The molecule has 0 spiro atoms. The predicted molar refractivity (Wildman–Crippen MR) is 106 cm³/mol. The van der Waals surface area contributed by atoms with Crippen LogP contribution in [0, 0.1) is 0 Å². The third kappa shape index (κ3) is 5.04. The maximum atomic E-state index is 13.0. The van der Waals surface area contributed by atoms with Gasteiger partial charge in [-0.3, -0.25) is 4.79 Å². The lowest BCUT2D eigenvalue weighted by Crippen LogP contribution is -2.45. The highest BCUT2D eigenvalue weighted by Crippen LogP contribution is 2.37. The summed E-state index contributed by atoms with van der Waals surface area (Å²) >= 11 is 6.40. The predicted octanol–water partition coefficient (Wildman–Crippen LogP) is 4.08. The van der Waals surface area contributed by atoms with E-state index >= 15 is 0 Å². The zero-order valence-corrected chi connectivity index (χ0v) is 17.1. The Morgan fingerprint density at radius 2 is 1.92 bits per heavy atom. The maximum absolute atomic E-state index is 13.0. The van der Waals surface area contributed by atoms with E-state index in [2.05, 4.69) is 11.8 Å². The summed E-state index contributed by atoms with van der Waals surface area (Å²) in [6.07, 6.45) is 2.88. The lowest BCUT2D eigenvalue weighted by Gasteiger charge is -2.36. The monoisotopic (exact) mass is 382 g/mol. The summed E-state index contributed by atoms with van der Waals surface area (Å²) in [6, 6.07) is 3.70. The van der Waals surface area contributed by atoms with E-state index in [-0.39, 0.29) is 11.9 Å². The van der Waals surface area contributed by atoms with Gasteiger partial charge in [0, 0.05) is 31.7 Å². The van der Waals surface area contributed by atoms with E-state index in [1.807, 2.05) is 25.8 Å². The summed E-state index contributed by atoms with van der Waals surface area (Å²) in [7, 11) is 1.88. The van der Waals surface area contributed by atoms with Crippen LogP contribution in [0.4, 0.5) is 0 Å². The van der Waals surface area contributed by atoms with Crippen LogP contribution in [0.5, 0.6) is 11.5 Å². The van der Waals surface area contributed by atoms with Crippen molar-refractivity contribution in [1.29, 1.82) is 0 Å². The normalized spacial score (nSPS) is 15.7. The number of carbonyl (C=O) groups is 1. The smallest absolute Gasteiger partial charge is 0.254 e. The minimum absolute atomic E-state index is 0.0233. The van der Waals surface area contributed by atoms with Gasteiger partial charge in [0.2, 0.25) is 0 Å². The van der Waals surface area contributed by atoms with Gasteiger partial charge >= 0.3 is 0 Å². The topological polar surface area (TPSA) is 42.0 Å². The zero-order valence-electron chi connectivity index (χ0n) is 16.4. The first-order valence-corrected chi connectivity index (χ1v) is 9.98. The van der Waals surface area contributed by atoms with Gasteiger partial charge in [0.05, 0.1) is 18.2 Å². The van der Waals surface area contributed by atoms with E-state index in [1.165, 1.54) is 0 Å². The molecule has 0 aliphatic carbocycles. The summed E-state index contributed by atoms with van der Waals surface area (Å²) in [5.74, 6) is 1.03. The lowest BCUT2D eigenvalue weighted by molar-refractivity contribution is 0.0646. The number of piperidine rings is 1. The molecule has 0 radical (unpaired) electrons. The number of likely N-dealkylation sites (tertiary alicyclic amines) is 1. The maximum Gasteiger partial charge on any atom is 0.254 e. The van der Waals surface area contributed by atoms with E-state index in [1.54, 1.807) is 12.1 Å². The molecular weight excluding hydrogens is 352 g/mol. The molecule has 6 heteroatoms. The molecule has 146 valence electrons. The first-order valence-electron chi connectivity index (χ1n) is 9.60. The summed E-state index contributed by atoms with van der Waals surface area (Å²) < 4.78 is 11.4. The SMILES string of the molecule is CCCOc1c(Cl)cc(C(=O)N(C)C2CCN(CC)CC2)cc1OCC. The van der Waals surface area contributed by atoms with Crippen LogP contribution in [0.2, 0.25) is 5.02 Å². The van der Waals surface area contributed by atoms with E-state index in [9.17, 15) is 4.79 Å². The van der Waals surface area contributed by atoms with Crippen molar-refractivity contribution < 1.29 is 14.3 Å². The molecule has 0 atom stereocenters. The Labute approximate surface area is 162 Å². The second-order valence-corrected chi connectivity index (χ2v) is 7.06. The highest BCUT2D eigenvalue weighted by Gasteiger charge is 2.26. The van der Waals surface area contributed by atoms with Crippen LogP contribution in [0.3, 0.4) is 0 Å². The summed E-state index contributed by atoms with van der Waals surface area (Å²) in [4.78, 5) is 17.2. The third-order valence-electron chi connectivity index (χ3n) is 4.88. The second-order valence-electron chi connectivity index (χ2n) is 6.65. The molecule has 1 aliphatic rings. The molecule has 0 saturated carbocycles. The van der Waals surface area contributed by atoms with Crippen LogP contribution in [0.25, 0.3) is 0 Å². The van der Waals surface area contributed by atoms with Gasteiger partial charge in [-0.1, -0.05) is 25.4 Å². The van der Waals surface area contributed by atoms with Crippen molar-refractivity contribution in [3.63, 3.8) is 0 Å². The summed E-state index contributed by atoms with van der Waals surface area (Å²) in [6.45, 7) is 10.3. The first-order chi connectivity index (χ1) is 12.5. The van der Waals surface area contributed by atoms with Crippen LogP contribution in [-0.4, -0.2) is 61.6 Å². The number of hydrogen-bond donors (Lipinski definition) is 0. The van der Waals surface area contributed by atoms with Crippen molar-refractivity contribution in [2.24, 2.45) is 0 Å². The van der Waals surface area contributed by atoms with Crippen molar-refractivity contribution in [3.05, 3.63) is 22.7 Å². The fourth-order valence-electron chi connectivity index (χ4n) is 3.29. The molecule has 1 amide bonds. The number of benzene rings is 1. The highest BCUT2D eigenvalue weighted by atomic mass is 35.5. The quantitative estimate of drug-likeness (QED) is 0.679. The van der Waals surface area contributed by atoms with E-state index < -0.39 is 0 Å². The first kappa shape index (κ1) is 20.8. The molecule has 1 saturated heterocycles. The lowest BCUT2D eigenvalue weighted by atomic mass is 10.0. The van der Waals surface area contributed by atoms with Crippen molar-refractivity contribution in [2.45, 2.75) is 46.1 Å². The minimum atomic E-state index is -0.0233. The van der Waals surface area contributed by atoms with Crippen LogP contribution in [-0.2, 0) is 0 Å². The number of carbonyl (C=O) groups excluding carboxylic acids is 1. The van der Waals surface area contributed by atoms with Gasteiger partial charge in [-0.05, 0) is 44.9 Å². The van der Waals surface area contributed by atoms with Crippen LogP contribution < -0.4 is 9.47 Å². The van der Waals surface area contributed by atoms with Gasteiger partial charge in [0.1, 0.15) is 0 Å². The second kappa shape index (κ2) is 10.0. The van der Waals surface area contributed by atoms with Gasteiger partial charge in [-0.25, -0.2) is 0 Å². The molecule has 1 fully saturated rings. The Balaban J connectivity index is 2.17. The molecule has 1 aromatic rings. The molecule has 2 rings (SSSR count). The van der Waals surface area contributed by atoms with Crippen molar-refractivity contribution >= 4 is 17.5 Å². The molecule has 26 heavy (non-hydrogen) atoms. The highest BCUT2D eigenvalue weighted by molar-refractivity contribution is 6.32. The average molecular weight is 383 g/mol. The molecule has 1 heterocycles. The molecule has 0 N–H and O–H groups in total. The molecule has 0 bridgehead atoms. The molecule has 1 aromatic carbocycles. The Hall–Kier alpha value is -1.46. The molecule has 1 aliphatic heterocycles. The third-order valence-corrected chi connectivity index (χ3v) is 5.16. The Bertz CT molecular complexity index is 601. The van der Waals surface area contributed by atoms with Crippen LogP contribution >= 0.6 is 11.6 Å². The largest absolute Gasteiger partial charge is 0.490 e. The standard InChI is InChI=1S/C20H31ClN2O3/c1-5-12-26-19-17(21)13-15(14-18(19)25-7-3)20(24)22(4)16-8-10-23(6-2)11-9-16/h13-14,16H,5-12H2,1-4H3. The van der Waals surface area contributed by atoms with Crippen molar-refractivity contribution in [2.75, 3.05) is 39.9 Å². The Kier molecular flexibility index (Phi) is 8.04. The van der Waals surface area contributed by atoms with Gasteiger partial charge in [-0.2, -0.15) is 0 Å². The van der Waals surface area contributed by atoms with Gasteiger partial charge in [-0.15, -0.1) is 0 Å². The zero-order chi connectivity index (χ0) is 19.1. The van der Waals surface area contributed by atoms with Crippen LogP contribution in [0.15, 0.2) is 12.1 Å². The summed E-state index contributed by atoms with van der Waals surface area (Å²) in [5.41, 5.74) is 0.544. The fraction of sp³-hybridized carbons (Fsp3) is 0.650. The molecule has 0 unspecified atom stereocenters. The van der Waals surface area contributed by atoms with Gasteiger partial charge in [0.25, 0.3) is 5.91 Å². The van der Waals surface area contributed by atoms with E-state index in [0.717, 1.165) is 38.9 Å². The Morgan fingerprint density at radius 1 is 1.23 bits per heavy atom. The number of halogens is 1. The Morgan fingerprint density at radius 3 is 2.50 bits per heavy atom. The average Bonchev–Trinajstić information content (AvgIpc) is 2.66. The number of amides is 1. The van der Waals surface area contributed by atoms with Crippen LogP contribution in [0.1, 0.15) is 50.4 Å². The molecule has 5 nitrogen and oxygen atoms in total. The summed E-state index contributed by atoms with van der Waals surface area (Å²) in [5, 5.41) is 0.418. The number of hydrogen-bond acceptors (Lipinski definition) is 4. The van der Waals surface area contributed by atoms with E-state index in [0.29, 0.717) is 35.3 Å².